The van der Waals surface area contributed by atoms with E-state index in [9.17, 15) is 35.3 Å². The van der Waals surface area contributed by atoms with Gasteiger partial charge in [-0.2, -0.15) is 26.3 Å². The molecule has 0 saturated carbocycles. The summed E-state index contributed by atoms with van der Waals surface area (Å²) in [6.07, 6.45) is -7.93. The van der Waals surface area contributed by atoms with Crippen molar-refractivity contribution in [1.82, 2.24) is 9.97 Å². The molecule has 15 heteroatoms. The van der Waals surface area contributed by atoms with Gasteiger partial charge in [0, 0.05) is 18.1 Å². The summed E-state index contributed by atoms with van der Waals surface area (Å²) in [5, 5.41) is 7.64. The number of hydrogen-bond acceptors (Lipinski definition) is 6. The second kappa shape index (κ2) is 9.97. The van der Waals surface area contributed by atoms with Gasteiger partial charge in [0.2, 0.25) is 0 Å². The summed E-state index contributed by atoms with van der Waals surface area (Å²) in [4.78, 5) is 22.0. The van der Waals surface area contributed by atoms with E-state index < -0.39 is 46.5 Å². The second-order valence-corrected chi connectivity index (χ2v) is 8.91. The Kier molecular flexibility index (Phi) is 7.10. The molecule has 196 valence electrons. The van der Waals surface area contributed by atoms with Crippen LogP contribution in [0.1, 0.15) is 21.5 Å². The van der Waals surface area contributed by atoms with Gasteiger partial charge in [0.1, 0.15) is 33.7 Å². The van der Waals surface area contributed by atoms with E-state index in [1.54, 1.807) is 0 Å². The van der Waals surface area contributed by atoms with Gasteiger partial charge in [-0.25, -0.2) is 19.3 Å². The van der Waals surface area contributed by atoms with Gasteiger partial charge in [-0.15, -0.1) is 0 Å². The summed E-state index contributed by atoms with van der Waals surface area (Å²) >= 11 is 0. The van der Waals surface area contributed by atoms with Gasteiger partial charge in [-0.1, -0.05) is 0 Å². The minimum Gasteiger partial charge on any atom is -0.487 e. The van der Waals surface area contributed by atoms with Crippen LogP contribution < -0.4 is 20.1 Å². The van der Waals surface area contributed by atoms with Crippen LogP contribution in [-0.2, 0) is 23.3 Å². The van der Waals surface area contributed by atoms with E-state index in [1.807, 2.05) is 0 Å². The van der Waals surface area contributed by atoms with E-state index in [0.29, 0.717) is 12.3 Å². The van der Waals surface area contributed by atoms with Crippen molar-refractivity contribution in [2.75, 3.05) is 23.3 Å². The summed E-state index contributed by atoms with van der Waals surface area (Å²) in [6.45, 7) is 0.233. The molecule has 0 spiro atoms. The number of nitrogens with zero attached hydrogens (tertiary/aromatic N) is 3. The van der Waals surface area contributed by atoms with Crippen LogP contribution in [0, 0.1) is 0 Å². The van der Waals surface area contributed by atoms with Crippen LogP contribution in [0.3, 0.4) is 0 Å². The van der Waals surface area contributed by atoms with Crippen molar-refractivity contribution in [3.8, 4) is 5.75 Å². The lowest BCUT2D eigenvalue weighted by Crippen LogP contribution is -2.54. The highest BCUT2D eigenvalue weighted by Gasteiger charge is 2.37. The number of amides is 1. The smallest absolute Gasteiger partial charge is 0.417 e. The molecular weight excluding hydrogens is 528 g/mol. The molecule has 1 amide bonds. The third-order valence-corrected chi connectivity index (χ3v) is 5.90. The van der Waals surface area contributed by atoms with Crippen LogP contribution in [-0.4, -0.2) is 39.3 Å². The minimum atomic E-state index is -4.76. The quantitative estimate of drug-likeness (QED) is 0.453. The highest BCUT2D eigenvalue weighted by molar-refractivity contribution is 7.82. The molecule has 2 aromatic heterocycles. The van der Waals surface area contributed by atoms with Crippen molar-refractivity contribution >= 4 is 28.4 Å². The Balaban J connectivity index is 1.51. The summed E-state index contributed by atoms with van der Waals surface area (Å²) in [7, 11) is -1.95. The van der Waals surface area contributed by atoms with E-state index in [-0.39, 0.29) is 40.9 Å². The SMILES string of the molecule is NS(=O)c1cc(NC(=O)c2cc(C(F)(F)F)cnc2N2CC(Oc3ccc(C(F)(F)F)cc3)C2)ccn1. The highest BCUT2D eigenvalue weighted by Crippen LogP contribution is 2.34. The Bertz CT molecular complexity index is 1330. The Hall–Kier alpha value is -3.72. The average molecular weight is 545 g/mol. The predicted molar refractivity (Wildman–Crippen MR) is 120 cm³/mol. The average Bonchev–Trinajstić information content (AvgIpc) is 2.80. The van der Waals surface area contributed by atoms with E-state index in [1.165, 1.54) is 23.2 Å². The molecule has 1 aliphatic heterocycles. The molecule has 1 fully saturated rings. The molecule has 1 aromatic carbocycles. The third kappa shape index (κ3) is 6.17. The van der Waals surface area contributed by atoms with Crippen molar-refractivity contribution in [3.05, 3.63) is 71.5 Å². The van der Waals surface area contributed by atoms with Gasteiger partial charge in [0.05, 0.1) is 29.8 Å². The number of carbonyl (C=O) groups excluding carboxylic acids is 1. The summed E-state index contributed by atoms with van der Waals surface area (Å²) in [6, 6.07) is 7.28. The number of carbonyl (C=O) groups is 1. The van der Waals surface area contributed by atoms with E-state index in [4.69, 9.17) is 9.88 Å². The first-order chi connectivity index (χ1) is 17.3. The molecule has 1 aliphatic rings. The number of hydrogen-bond donors (Lipinski definition) is 2. The summed E-state index contributed by atoms with van der Waals surface area (Å²) < 4.78 is 95.1. The van der Waals surface area contributed by atoms with Crippen molar-refractivity contribution in [1.29, 1.82) is 0 Å². The maximum absolute atomic E-state index is 13.3. The molecular formula is C22H17F6N5O3S. The molecule has 3 aromatic rings. The number of benzene rings is 1. The molecule has 1 atom stereocenters. The molecule has 0 bridgehead atoms. The largest absolute Gasteiger partial charge is 0.487 e. The number of pyridine rings is 2. The van der Waals surface area contributed by atoms with Crippen molar-refractivity contribution in [2.24, 2.45) is 5.14 Å². The Morgan fingerprint density at radius 3 is 2.24 bits per heavy atom. The van der Waals surface area contributed by atoms with Crippen LogP contribution >= 0.6 is 0 Å². The maximum Gasteiger partial charge on any atom is 0.417 e. The van der Waals surface area contributed by atoms with Crippen molar-refractivity contribution in [3.63, 3.8) is 0 Å². The number of nitrogens with one attached hydrogen (secondary N) is 1. The van der Waals surface area contributed by atoms with E-state index in [2.05, 4.69) is 15.3 Å². The lowest BCUT2D eigenvalue weighted by molar-refractivity contribution is -0.138. The fourth-order valence-corrected chi connectivity index (χ4v) is 3.84. The van der Waals surface area contributed by atoms with Gasteiger partial charge in [-0.05, 0) is 42.5 Å². The van der Waals surface area contributed by atoms with Crippen LogP contribution in [0.15, 0.2) is 59.9 Å². The van der Waals surface area contributed by atoms with Gasteiger partial charge in [-0.3, -0.25) is 4.79 Å². The zero-order valence-electron chi connectivity index (χ0n) is 18.5. The van der Waals surface area contributed by atoms with Crippen LogP contribution in [0.4, 0.5) is 37.8 Å². The molecule has 8 nitrogen and oxygen atoms in total. The minimum absolute atomic E-state index is 0.0468. The van der Waals surface area contributed by atoms with Gasteiger partial charge < -0.3 is 15.0 Å². The van der Waals surface area contributed by atoms with Crippen molar-refractivity contribution < 1.29 is 40.1 Å². The van der Waals surface area contributed by atoms with Gasteiger partial charge in [0.25, 0.3) is 5.91 Å². The van der Waals surface area contributed by atoms with E-state index in [0.717, 1.165) is 24.3 Å². The van der Waals surface area contributed by atoms with Crippen LogP contribution in [0.25, 0.3) is 0 Å². The first-order valence-corrected chi connectivity index (χ1v) is 11.6. The van der Waals surface area contributed by atoms with Crippen LogP contribution in [0.2, 0.25) is 0 Å². The Labute approximate surface area is 208 Å². The highest BCUT2D eigenvalue weighted by atomic mass is 32.2. The molecule has 0 radical (unpaired) electrons. The normalized spacial score (nSPS) is 15.2. The topological polar surface area (TPSA) is 110 Å². The van der Waals surface area contributed by atoms with Gasteiger partial charge in [0.15, 0.2) is 0 Å². The second-order valence-electron chi connectivity index (χ2n) is 7.89. The van der Waals surface area contributed by atoms with Gasteiger partial charge >= 0.3 is 12.4 Å². The number of alkyl halides is 6. The first kappa shape index (κ1) is 26.3. The summed E-state index contributed by atoms with van der Waals surface area (Å²) in [5.74, 6) is -0.781. The lowest BCUT2D eigenvalue weighted by Gasteiger charge is -2.40. The third-order valence-electron chi connectivity index (χ3n) is 5.27. The number of aromatic nitrogens is 2. The molecule has 37 heavy (non-hydrogen) atoms. The number of rotatable bonds is 6. The number of nitrogens with two attached hydrogens (primary N) is 1. The first-order valence-electron chi connectivity index (χ1n) is 10.4. The maximum atomic E-state index is 13.3. The molecule has 1 saturated heterocycles. The summed E-state index contributed by atoms with van der Waals surface area (Å²) in [5.41, 5.74) is -2.25. The Morgan fingerprint density at radius 2 is 1.65 bits per heavy atom. The fourth-order valence-electron chi connectivity index (χ4n) is 3.43. The number of halogens is 6. The molecule has 3 N–H and O–H groups in total. The molecule has 3 heterocycles. The standard InChI is InChI=1S/C22H17F6N5O3S/c23-21(24,25)12-1-3-15(4-2-12)36-16-10-33(11-16)19-17(7-13(9-31-19)22(26,27)28)20(34)32-14-5-6-30-18(8-14)37(29)35/h1-9,16H,10-11,29H2,(H,30,32,34). The molecule has 1 unspecified atom stereocenters. The zero-order valence-corrected chi connectivity index (χ0v) is 19.3. The number of ether oxygens (including phenoxy) is 1. The van der Waals surface area contributed by atoms with Crippen LogP contribution in [0.5, 0.6) is 5.75 Å². The monoisotopic (exact) mass is 545 g/mol. The van der Waals surface area contributed by atoms with E-state index >= 15 is 0 Å². The predicted octanol–water partition coefficient (Wildman–Crippen LogP) is 4.02. The Morgan fingerprint density at radius 1 is 1.00 bits per heavy atom. The van der Waals surface area contributed by atoms with Crippen molar-refractivity contribution in [2.45, 2.75) is 23.5 Å². The fraction of sp³-hybridized carbons (Fsp3) is 0.227. The lowest BCUT2D eigenvalue weighted by atomic mass is 10.1. The number of anilines is 2. The molecule has 4 rings (SSSR count). The zero-order chi connectivity index (χ0) is 27.0. The molecule has 0 aliphatic carbocycles.